The molecule has 0 N–H and O–H groups in total. The molecule has 8 heavy (non-hydrogen) atoms. The molecule has 0 heterocycles. The van der Waals surface area contributed by atoms with E-state index in [0.717, 1.165) is 5.57 Å². The van der Waals surface area contributed by atoms with Gasteiger partial charge in [0.1, 0.15) is 0 Å². The highest BCUT2D eigenvalue weighted by molar-refractivity contribution is 5.26. The van der Waals surface area contributed by atoms with Gasteiger partial charge in [0, 0.05) is 0 Å². The molecule has 0 radical (unpaired) electrons. The molecule has 0 aromatic rings. The summed E-state index contributed by atoms with van der Waals surface area (Å²) in [5, 5.41) is 0. The fourth-order valence-electron chi connectivity index (χ4n) is 0.484. The van der Waals surface area contributed by atoms with Crippen LogP contribution >= 0.6 is 0 Å². The van der Waals surface area contributed by atoms with Gasteiger partial charge in [-0.05, 0) is 19.4 Å². The van der Waals surface area contributed by atoms with Crippen molar-refractivity contribution in [1.82, 2.24) is 0 Å². The first-order valence-electron chi connectivity index (χ1n) is 2.75. The van der Waals surface area contributed by atoms with Crippen molar-refractivity contribution in [2.24, 2.45) is 0 Å². The molecule has 0 spiro atoms. The van der Waals surface area contributed by atoms with E-state index < -0.39 is 0 Å². The molecule has 0 fully saturated rings. The summed E-state index contributed by atoms with van der Waals surface area (Å²) in [5.41, 5.74) is 1.05. The summed E-state index contributed by atoms with van der Waals surface area (Å²) in [6, 6.07) is 0. The second-order valence-corrected chi connectivity index (χ2v) is 1.57. The molecule has 0 saturated carbocycles. The topological polar surface area (TPSA) is 0 Å². The fraction of sp³-hybridized carbons (Fsp3) is 0.250. The smallest absolute Gasteiger partial charge is 0.0335 e. The quantitative estimate of drug-likeness (QED) is 0.477. The van der Waals surface area contributed by atoms with Gasteiger partial charge in [0.15, 0.2) is 0 Å². The Morgan fingerprint density at radius 3 is 1.75 bits per heavy atom. The molecule has 0 aliphatic carbocycles. The van der Waals surface area contributed by atoms with Crippen LogP contribution in [0, 0.1) is 0 Å². The molecule has 0 bridgehead atoms. The van der Waals surface area contributed by atoms with Crippen molar-refractivity contribution < 1.29 is 0 Å². The van der Waals surface area contributed by atoms with E-state index in [2.05, 4.69) is 6.58 Å². The molecule has 0 rings (SSSR count). The average Bonchev–Trinajstić information content (AvgIpc) is 1.68. The van der Waals surface area contributed by atoms with Crippen LogP contribution in [-0.2, 0) is 0 Å². The molecule has 0 aliphatic heterocycles. The summed E-state index contributed by atoms with van der Waals surface area (Å²) >= 11 is 0. The molecule has 0 heteroatoms. The number of allylic oxidation sites excluding steroid dienone is 5. The lowest BCUT2D eigenvalue weighted by atomic mass is 10.2. The summed E-state index contributed by atoms with van der Waals surface area (Å²) in [4.78, 5) is 0. The third-order valence-corrected chi connectivity index (χ3v) is 0.761. The SMILES string of the molecule is C=C(/C=C/C)/C=C/C. The molecule has 0 atom stereocenters. The predicted molar refractivity (Wildman–Crippen MR) is 38.8 cm³/mol. The van der Waals surface area contributed by atoms with Crippen molar-refractivity contribution in [2.45, 2.75) is 13.8 Å². The summed E-state index contributed by atoms with van der Waals surface area (Å²) in [6.07, 6.45) is 7.89. The second kappa shape index (κ2) is 4.38. The van der Waals surface area contributed by atoms with Crippen LogP contribution in [0.2, 0.25) is 0 Å². The van der Waals surface area contributed by atoms with Gasteiger partial charge < -0.3 is 0 Å². The van der Waals surface area contributed by atoms with Crippen LogP contribution < -0.4 is 0 Å². The van der Waals surface area contributed by atoms with E-state index in [1.165, 1.54) is 0 Å². The Balaban J connectivity index is 3.66. The molecule has 0 aliphatic rings. The predicted octanol–water partition coefficient (Wildman–Crippen LogP) is 2.69. The van der Waals surface area contributed by atoms with Gasteiger partial charge in [-0.1, -0.05) is 30.9 Å². The van der Waals surface area contributed by atoms with Crippen LogP contribution in [0.3, 0.4) is 0 Å². The highest BCUT2D eigenvalue weighted by Crippen LogP contribution is 1.92. The Hall–Kier alpha value is -0.780. The Kier molecular flexibility index (Phi) is 3.95. The molecule has 0 unspecified atom stereocenters. The van der Waals surface area contributed by atoms with Gasteiger partial charge in [0.05, 0.1) is 0 Å². The molecule has 0 aromatic heterocycles. The Morgan fingerprint density at radius 2 is 1.50 bits per heavy atom. The maximum absolute atomic E-state index is 3.76. The van der Waals surface area contributed by atoms with Gasteiger partial charge in [0.2, 0.25) is 0 Å². The second-order valence-electron chi connectivity index (χ2n) is 1.57. The van der Waals surface area contributed by atoms with Crippen LogP contribution in [-0.4, -0.2) is 0 Å². The lowest BCUT2D eigenvalue weighted by Gasteiger charge is -1.82. The largest absolute Gasteiger partial charge is 0.0918 e. The molecule has 0 amide bonds. The van der Waals surface area contributed by atoms with Crippen molar-refractivity contribution in [1.29, 1.82) is 0 Å². The van der Waals surface area contributed by atoms with E-state index in [1.54, 1.807) is 0 Å². The molecular formula is C8H12. The van der Waals surface area contributed by atoms with E-state index in [0.29, 0.717) is 0 Å². The Morgan fingerprint density at radius 1 is 1.12 bits per heavy atom. The summed E-state index contributed by atoms with van der Waals surface area (Å²) in [6.45, 7) is 7.72. The molecular weight excluding hydrogens is 96.1 g/mol. The maximum atomic E-state index is 3.76. The number of hydrogen-bond acceptors (Lipinski definition) is 0. The summed E-state index contributed by atoms with van der Waals surface area (Å²) < 4.78 is 0. The highest BCUT2D eigenvalue weighted by atomic mass is 13.8. The van der Waals surface area contributed by atoms with Crippen molar-refractivity contribution in [3.05, 3.63) is 36.5 Å². The first-order chi connectivity index (χ1) is 3.81. The van der Waals surface area contributed by atoms with E-state index in [9.17, 15) is 0 Å². The van der Waals surface area contributed by atoms with Crippen LogP contribution in [0.25, 0.3) is 0 Å². The monoisotopic (exact) mass is 108 g/mol. The van der Waals surface area contributed by atoms with Crippen molar-refractivity contribution >= 4 is 0 Å². The molecule has 44 valence electrons. The Labute approximate surface area is 51.2 Å². The van der Waals surface area contributed by atoms with Crippen LogP contribution in [0.5, 0.6) is 0 Å². The Bertz CT molecular complexity index is 102. The third-order valence-electron chi connectivity index (χ3n) is 0.761. The van der Waals surface area contributed by atoms with E-state index in [4.69, 9.17) is 0 Å². The minimum absolute atomic E-state index is 1.05. The van der Waals surface area contributed by atoms with E-state index in [-0.39, 0.29) is 0 Å². The highest BCUT2D eigenvalue weighted by Gasteiger charge is 1.71. The van der Waals surface area contributed by atoms with Crippen molar-refractivity contribution in [3.63, 3.8) is 0 Å². The molecule has 0 saturated heterocycles. The summed E-state index contributed by atoms with van der Waals surface area (Å²) in [7, 11) is 0. The van der Waals surface area contributed by atoms with Crippen LogP contribution in [0.1, 0.15) is 13.8 Å². The molecule has 0 nitrogen and oxygen atoms in total. The van der Waals surface area contributed by atoms with Gasteiger partial charge in [-0.15, -0.1) is 0 Å². The minimum Gasteiger partial charge on any atom is -0.0918 e. The van der Waals surface area contributed by atoms with Gasteiger partial charge >= 0.3 is 0 Å². The third kappa shape index (κ3) is 3.41. The van der Waals surface area contributed by atoms with E-state index >= 15 is 0 Å². The maximum Gasteiger partial charge on any atom is -0.0335 e. The normalized spacial score (nSPS) is 11.2. The lowest BCUT2D eigenvalue weighted by molar-refractivity contribution is 1.62. The zero-order valence-electron chi connectivity index (χ0n) is 5.52. The van der Waals surface area contributed by atoms with Crippen LogP contribution in [0.15, 0.2) is 36.5 Å². The molecule has 0 aromatic carbocycles. The first kappa shape index (κ1) is 7.22. The van der Waals surface area contributed by atoms with Gasteiger partial charge in [-0.2, -0.15) is 0 Å². The standard InChI is InChI=1S/C8H12/c1-4-6-8(3)7-5-2/h4-7H,3H2,1-2H3/b6-4+,7-5+. The average molecular weight is 108 g/mol. The number of hydrogen-bond donors (Lipinski definition) is 0. The van der Waals surface area contributed by atoms with Gasteiger partial charge in [-0.25, -0.2) is 0 Å². The lowest BCUT2D eigenvalue weighted by Crippen LogP contribution is -1.61. The zero-order valence-corrected chi connectivity index (χ0v) is 5.52. The van der Waals surface area contributed by atoms with Gasteiger partial charge in [-0.3, -0.25) is 0 Å². The van der Waals surface area contributed by atoms with Crippen molar-refractivity contribution in [2.75, 3.05) is 0 Å². The zero-order chi connectivity index (χ0) is 6.41. The number of rotatable bonds is 2. The van der Waals surface area contributed by atoms with Crippen LogP contribution in [0.4, 0.5) is 0 Å². The summed E-state index contributed by atoms with van der Waals surface area (Å²) in [5.74, 6) is 0. The van der Waals surface area contributed by atoms with Gasteiger partial charge in [0.25, 0.3) is 0 Å². The minimum atomic E-state index is 1.05. The fourth-order valence-corrected chi connectivity index (χ4v) is 0.484. The van der Waals surface area contributed by atoms with E-state index in [1.807, 2.05) is 38.2 Å². The van der Waals surface area contributed by atoms with Crippen molar-refractivity contribution in [3.8, 4) is 0 Å². The first-order valence-corrected chi connectivity index (χ1v) is 2.75.